The van der Waals surface area contributed by atoms with Gasteiger partial charge >= 0.3 is 5.69 Å². The summed E-state index contributed by atoms with van der Waals surface area (Å²) in [4.78, 5) is 14.8. The number of pyridine rings is 1. The molecule has 0 spiro atoms. The second-order valence-electron chi connectivity index (χ2n) is 5.19. The number of hydrogen-bond acceptors (Lipinski definition) is 6. The van der Waals surface area contributed by atoms with E-state index in [1.165, 1.54) is 18.9 Å². The number of hydrogen-bond donors (Lipinski definition) is 2. The fourth-order valence-electron chi connectivity index (χ4n) is 1.86. The van der Waals surface area contributed by atoms with Gasteiger partial charge in [0.05, 0.1) is 11.5 Å². The van der Waals surface area contributed by atoms with Gasteiger partial charge in [-0.05, 0) is 31.2 Å². The van der Waals surface area contributed by atoms with Gasteiger partial charge in [-0.15, -0.1) is 0 Å². The number of nitro groups is 1. The third kappa shape index (κ3) is 5.18. The molecule has 1 aliphatic rings. The van der Waals surface area contributed by atoms with Crippen molar-refractivity contribution in [2.75, 3.05) is 36.9 Å². The summed E-state index contributed by atoms with van der Waals surface area (Å²) in [7, 11) is 0. The van der Waals surface area contributed by atoms with Crippen LogP contribution in [-0.4, -0.2) is 36.2 Å². The number of nitrogens with zero attached hydrogens (tertiary/aromatic N) is 2. The molecule has 0 aromatic carbocycles. The summed E-state index contributed by atoms with van der Waals surface area (Å²) >= 11 is 0. The highest BCUT2D eigenvalue weighted by molar-refractivity contribution is 5.60. The van der Waals surface area contributed by atoms with Gasteiger partial charge in [0.15, 0.2) is 0 Å². The molecule has 1 aromatic rings. The Morgan fingerprint density at radius 2 is 2.19 bits per heavy atom. The summed E-state index contributed by atoms with van der Waals surface area (Å²) in [5.41, 5.74) is -0.0146. The molecule has 1 heterocycles. The normalized spacial score (nSPS) is 14.0. The first-order valence-electron chi connectivity index (χ1n) is 7.41. The van der Waals surface area contributed by atoms with Gasteiger partial charge in [-0.2, -0.15) is 0 Å². The van der Waals surface area contributed by atoms with Gasteiger partial charge in [0.2, 0.25) is 5.82 Å². The molecule has 7 heteroatoms. The van der Waals surface area contributed by atoms with Crippen molar-refractivity contribution in [3.8, 4) is 0 Å². The molecule has 0 bridgehead atoms. The quantitative estimate of drug-likeness (QED) is 0.392. The molecule has 0 atom stereocenters. The van der Waals surface area contributed by atoms with Crippen LogP contribution in [0.4, 0.5) is 17.3 Å². The van der Waals surface area contributed by atoms with E-state index in [9.17, 15) is 10.1 Å². The Morgan fingerprint density at radius 1 is 1.38 bits per heavy atom. The van der Waals surface area contributed by atoms with Gasteiger partial charge in [-0.3, -0.25) is 10.1 Å². The molecule has 1 aliphatic carbocycles. The molecule has 2 rings (SSSR count). The number of aromatic nitrogens is 1. The zero-order valence-electron chi connectivity index (χ0n) is 12.3. The zero-order chi connectivity index (χ0) is 15.1. The molecule has 0 saturated heterocycles. The maximum Gasteiger partial charge on any atom is 0.311 e. The van der Waals surface area contributed by atoms with E-state index < -0.39 is 4.92 Å². The highest BCUT2D eigenvalue weighted by Gasteiger charge is 2.21. The minimum atomic E-state index is -0.427. The SMILES string of the molecule is CCCNc1ccc([N+](=O)[O-])c(NCCOCC2CC2)n1. The van der Waals surface area contributed by atoms with Crippen LogP contribution in [0.1, 0.15) is 26.2 Å². The predicted molar refractivity (Wildman–Crippen MR) is 81.7 cm³/mol. The van der Waals surface area contributed by atoms with Crippen molar-refractivity contribution in [2.45, 2.75) is 26.2 Å². The van der Waals surface area contributed by atoms with Crippen LogP contribution in [-0.2, 0) is 4.74 Å². The van der Waals surface area contributed by atoms with Crippen LogP contribution in [0.3, 0.4) is 0 Å². The minimum absolute atomic E-state index is 0.0146. The lowest BCUT2D eigenvalue weighted by Crippen LogP contribution is -2.13. The Balaban J connectivity index is 1.87. The first-order chi connectivity index (χ1) is 10.2. The van der Waals surface area contributed by atoms with Gasteiger partial charge in [-0.1, -0.05) is 6.92 Å². The summed E-state index contributed by atoms with van der Waals surface area (Å²) in [6.45, 7) is 4.67. The van der Waals surface area contributed by atoms with Crippen molar-refractivity contribution in [2.24, 2.45) is 5.92 Å². The lowest BCUT2D eigenvalue weighted by Gasteiger charge is -2.09. The van der Waals surface area contributed by atoms with Crippen molar-refractivity contribution in [3.05, 3.63) is 22.2 Å². The Hall–Kier alpha value is -1.89. The maximum absolute atomic E-state index is 11.0. The van der Waals surface area contributed by atoms with E-state index >= 15 is 0 Å². The zero-order valence-corrected chi connectivity index (χ0v) is 12.3. The monoisotopic (exact) mass is 294 g/mol. The summed E-state index contributed by atoms with van der Waals surface area (Å²) in [5, 5.41) is 17.1. The summed E-state index contributed by atoms with van der Waals surface area (Å²) < 4.78 is 5.50. The second kappa shape index (κ2) is 7.78. The Bertz CT molecular complexity index is 477. The number of rotatable bonds is 10. The fourth-order valence-corrected chi connectivity index (χ4v) is 1.86. The van der Waals surface area contributed by atoms with E-state index in [1.807, 2.05) is 0 Å². The Kier molecular flexibility index (Phi) is 5.74. The fraction of sp³-hybridized carbons (Fsp3) is 0.643. The third-order valence-corrected chi connectivity index (χ3v) is 3.22. The van der Waals surface area contributed by atoms with E-state index in [2.05, 4.69) is 22.5 Å². The predicted octanol–water partition coefficient (Wildman–Crippen LogP) is 2.65. The first-order valence-corrected chi connectivity index (χ1v) is 7.41. The summed E-state index contributed by atoms with van der Waals surface area (Å²) in [6, 6.07) is 3.10. The van der Waals surface area contributed by atoms with Gasteiger partial charge in [0.1, 0.15) is 5.82 Å². The van der Waals surface area contributed by atoms with E-state index in [0.29, 0.717) is 19.0 Å². The van der Waals surface area contributed by atoms with E-state index in [-0.39, 0.29) is 11.5 Å². The molecular formula is C14H22N4O3. The molecule has 0 unspecified atom stereocenters. The molecule has 2 N–H and O–H groups in total. The van der Waals surface area contributed by atoms with E-state index in [1.54, 1.807) is 6.07 Å². The van der Waals surface area contributed by atoms with Crippen molar-refractivity contribution < 1.29 is 9.66 Å². The molecule has 0 aliphatic heterocycles. The van der Waals surface area contributed by atoms with Crippen molar-refractivity contribution in [1.29, 1.82) is 0 Å². The molecule has 0 radical (unpaired) electrons. The third-order valence-electron chi connectivity index (χ3n) is 3.22. The smallest absolute Gasteiger partial charge is 0.311 e. The lowest BCUT2D eigenvalue weighted by molar-refractivity contribution is -0.384. The highest BCUT2D eigenvalue weighted by Crippen LogP contribution is 2.28. The topological polar surface area (TPSA) is 89.3 Å². The Labute approximate surface area is 124 Å². The van der Waals surface area contributed by atoms with E-state index in [4.69, 9.17) is 4.74 Å². The average molecular weight is 294 g/mol. The Morgan fingerprint density at radius 3 is 2.86 bits per heavy atom. The number of ether oxygens (including phenoxy) is 1. The minimum Gasteiger partial charge on any atom is -0.379 e. The van der Waals surface area contributed by atoms with Gasteiger partial charge in [-0.25, -0.2) is 4.98 Å². The van der Waals surface area contributed by atoms with Crippen LogP contribution in [0, 0.1) is 16.0 Å². The van der Waals surface area contributed by atoms with E-state index in [0.717, 1.165) is 25.5 Å². The maximum atomic E-state index is 11.0. The van der Waals surface area contributed by atoms with Crippen LogP contribution in [0.25, 0.3) is 0 Å². The molecular weight excluding hydrogens is 272 g/mol. The van der Waals surface area contributed by atoms with Crippen LogP contribution < -0.4 is 10.6 Å². The van der Waals surface area contributed by atoms with Crippen molar-refractivity contribution in [3.63, 3.8) is 0 Å². The van der Waals surface area contributed by atoms with Gasteiger partial charge in [0, 0.05) is 25.8 Å². The summed E-state index contributed by atoms with van der Waals surface area (Å²) in [5.74, 6) is 1.65. The van der Waals surface area contributed by atoms with Crippen LogP contribution >= 0.6 is 0 Å². The molecule has 1 fully saturated rings. The van der Waals surface area contributed by atoms with Crippen molar-refractivity contribution in [1.82, 2.24) is 4.98 Å². The molecule has 21 heavy (non-hydrogen) atoms. The van der Waals surface area contributed by atoms with Crippen LogP contribution in [0.5, 0.6) is 0 Å². The standard InChI is InChI=1S/C14H22N4O3/c1-2-7-15-13-6-5-12(18(19)20)14(17-13)16-8-9-21-10-11-3-4-11/h5-6,11H,2-4,7-10H2,1H3,(H2,15,16,17). The van der Waals surface area contributed by atoms with Crippen LogP contribution in [0.2, 0.25) is 0 Å². The van der Waals surface area contributed by atoms with Gasteiger partial charge in [0.25, 0.3) is 0 Å². The average Bonchev–Trinajstić information content (AvgIpc) is 3.28. The first kappa shape index (κ1) is 15.5. The second-order valence-corrected chi connectivity index (χ2v) is 5.19. The number of nitrogens with one attached hydrogen (secondary N) is 2. The summed E-state index contributed by atoms with van der Waals surface area (Å²) in [6.07, 6.45) is 3.48. The molecule has 7 nitrogen and oxygen atoms in total. The lowest BCUT2D eigenvalue weighted by atomic mass is 10.3. The molecule has 0 amide bonds. The number of anilines is 2. The van der Waals surface area contributed by atoms with Crippen LogP contribution in [0.15, 0.2) is 12.1 Å². The molecule has 116 valence electrons. The largest absolute Gasteiger partial charge is 0.379 e. The van der Waals surface area contributed by atoms with Crippen molar-refractivity contribution >= 4 is 17.3 Å². The highest BCUT2D eigenvalue weighted by atomic mass is 16.6. The molecule has 1 aromatic heterocycles. The van der Waals surface area contributed by atoms with Gasteiger partial charge < -0.3 is 15.4 Å². The molecule has 1 saturated carbocycles.